The van der Waals surface area contributed by atoms with Gasteiger partial charge in [0.05, 0.1) is 12.6 Å². The minimum atomic E-state index is -0.0113. The Morgan fingerprint density at radius 1 is 1.22 bits per heavy atom. The van der Waals surface area contributed by atoms with Gasteiger partial charge in [-0.1, -0.05) is 43.3 Å². The molecule has 5 heteroatoms. The number of nitrogens with one attached hydrogen (secondary N) is 1. The molecule has 1 aliphatic heterocycles. The van der Waals surface area contributed by atoms with E-state index in [9.17, 15) is 5.11 Å². The SMILES string of the molecule is CCc1cc2c(NC(=S)N3Cc4ccccc4CC3CO)cccc2cn1. The fraction of sp³-hybridized carbons (Fsp3) is 0.273. The molecule has 0 spiro atoms. The number of benzene rings is 2. The lowest BCUT2D eigenvalue weighted by Crippen LogP contribution is -2.48. The van der Waals surface area contributed by atoms with E-state index in [1.54, 1.807) is 0 Å². The monoisotopic (exact) mass is 377 g/mol. The van der Waals surface area contributed by atoms with Crippen molar-refractivity contribution in [2.45, 2.75) is 32.4 Å². The Morgan fingerprint density at radius 2 is 2.04 bits per heavy atom. The first kappa shape index (κ1) is 17.9. The normalized spacial score (nSPS) is 16.2. The Bertz CT molecular complexity index is 988. The fourth-order valence-electron chi connectivity index (χ4n) is 3.69. The predicted molar refractivity (Wildman–Crippen MR) is 114 cm³/mol. The number of aromatic nitrogens is 1. The van der Waals surface area contributed by atoms with Crippen LogP contribution in [0.5, 0.6) is 0 Å². The largest absolute Gasteiger partial charge is 0.394 e. The van der Waals surface area contributed by atoms with Crippen LogP contribution in [0.3, 0.4) is 0 Å². The van der Waals surface area contributed by atoms with E-state index in [1.165, 1.54) is 11.1 Å². The van der Waals surface area contributed by atoms with Crippen LogP contribution in [0.2, 0.25) is 0 Å². The summed E-state index contributed by atoms with van der Waals surface area (Å²) in [4.78, 5) is 6.58. The summed E-state index contributed by atoms with van der Waals surface area (Å²) in [6.45, 7) is 2.89. The number of fused-ring (bicyclic) bond motifs is 2. The maximum atomic E-state index is 9.90. The van der Waals surface area contributed by atoms with Crippen LogP contribution in [-0.4, -0.2) is 32.8 Å². The highest BCUT2D eigenvalue weighted by molar-refractivity contribution is 7.80. The van der Waals surface area contributed by atoms with Gasteiger partial charge in [0.2, 0.25) is 0 Å². The number of aliphatic hydroxyl groups is 1. The smallest absolute Gasteiger partial charge is 0.174 e. The highest BCUT2D eigenvalue weighted by Crippen LogP contribution is 2.27. The molecule has 4 rings (SSSR count). The van der Waals surface area contributed by atoms with E-state index < -0.39 is 0 Å². The Morgan fingerprint density at radius 3 is 2.81 bits per heavy atom. The van der Waals surface area contributed by atoms with Crippen LogP contribution >= 0.6 is 12.2 Å². The minimum absolute atomic E-state index is 0.0113. The summed E-state index contributed by atoms with van der Waals surface area (Å²) in [6.07, 6.45) is 3.61. The number of aryl methyl sites for hydroxylation is 1. The van der Waals surface area contributed by atoms with Gasteiger partial charge in [-0.05, 0) is 48.3 Å². The number of aliphatic hydroxyl groups excluding tert-OH is 1. The van der Waals surface area contributed by atoms with E-state index in [0.717, 1.165) is 35.0 Å². The zero-order valence-corrected chi connectivity index (χ0v) is 16.2. The van der Waals surface area contributed by atoms with Crippen LogP contribution in [0.1, 0.15) is 23.7 Å². The van der Waals surface area contributed by atoms with E-state index in [0.29, 0.717) is 11.7 Å². The molecule has 0 amide bonds. The van der Waals surface area contributed by atoms with Gasteiger partial charge in [0.1, 0.15) is 0 Å². The second-order valence-electron chi connectivity index (χ2n) is 6.92. The third-order valence-corrected chi connectivity index (χ3v) is 5.59. The van der Waals surface area contributed by atoms with Crippen LogP contribution in [0.25, 0.3) is 10.8 Å². The predicted octanol–water partition coefficient (Wildman–Crippen LogP) is 3.91. The highest BCUT2D eigenvalue weighted by atomic mass is 32.1. The van der Waals surface area contributed by atoms with Crippen LogP contribution < -0.4 is 5.32 Å². The molecular formula is C22H23N3OS. The van der Waals surface area contributed by atoms with Crippen molar-refractivity contribution >= 4 is 33.8 Å². The number of hydrogen-bond acceptors (Lipinski definition) is 3. The summed E-state index contributed by atoms with van der Waals surface area (Å²) in [6, 6.07) is 16.6. The standard InChI is InChI=1S/C22H23N3OS/c1-2-18-11-20-16(12-23-18)8-5-9-21(20)24-22(27)25-13-17-7-4-3-6-15(17)10-19(25)14-26/h3-9,11-12,19,26H,2,10,13-14H2,1H3,(H,24,27). The lowest BCUT2D eigenvalue weighted by Gasteiger charge is -2.38. The Hall–Kier alpha value is -2.50. The van der Waals surface area contributed by atoms with E-state index in [-0.39, 0.29) is 12.6 Å². The molecule has 1 aromatic heterocycles. The van der Waals surface area contributed by atoms with Gasteiger partial charge in [0.25, 0.3) is 0 Å². The van der Waals surface area contributed by atoms with E-state index in [2.05, 4.69) is 58.5 Å². The summed E-state index contributed by atoms with van der Waals surface area (Å²) in [5.74, 6) is 0. The molecule has 1 atom stereocenters. The number of hydrogen-bond donors (Lipinski definition) is 2. The molecule has 27 heavy (non-hydrogen) atoms. The lowest BCUT2D eigenvalue weighted by atomic mass is 9.95. The Balaban J connectivity index is 1.63. The maximum Gasteiger partial charge on any atom is 0.174 e. The number of pyridine rings is 1. The quantitative estimate of drug-likeness (QED) is 0.678. The highest BCUT2D eigenvalue weighted by Gasteiger charge is 2.27. The molecular weight excluding hydrogens is 354 g/mol. The number of thiocarbonyl (C=S) groups is 1. The van der Waals surface area contributed by atoms with Crippen molar-refractivity contribution in [1.29, 1.82) is 0 Å². The Labute approximate surface area is 164 Å². The van der Waals surface area contributed by atoms with Crippen LogP contribution in [0.15, 0.2) is 54.7 Å². The van der Waals surface area contributed by atoms with Crippen molar-refractivity contribution in [3.63, 3.8) is 0 Å². The van der Waals surface area contributed by atoms with E-state index >= 15 is 0 Å². The summed E-state index contributed by atoms with van der Waals surface area (Å²) >= 11 is 5.74. The topological polar surface area (TPSA) is 48.4 Å². The second kappa shape index (κ2) is 7.62. The average molecular weight is 378 g/mol. The van der Waals surface area contributed by atoms with Crippen molar-refractivity contribution in [3.8, 4) is 0 Å². The van der Waals surface area contributed by atoms with Gasteiger partial charge in [-0.25, -0.2) is 0 Å². The third kappa shape index (κ3) is 3.53. The van der Waals surface area contributed by atoms with Crippen LogP contribution in [-0.2, 0) is 19.4 Å². The number of nitrogens with zero attached hydrogens (tertiary/aromatic N) is 2. The zero-order valence-electron chi connectivity index (χ0n) is 15.4. The molecule has 0 aliphatic carbocycles. The first-order valence-corrected chi connectivity index (χ1v) is 9.73. The average Bonchev–Trinajstić information content (AvgIpc) is 2.72. The van der Waals surface area contributed by atoms with Gasteiger partial charge in [-0.3, -0.25) is 4.98 Å². The molecule has 2 N–H and O–H groups in total. The summed E-state index contributed by atoms with van der Waals surface area (Å²) in [5, 5.41) is 16.2. The van der Waals surface area contributed by atoms with Gasteiger partial charge in [-0.2, -0.15) is 0 Å². The Kier molecular flexibility index (Phi) is 5.05. The van der Waals surface area contributed by atoms with Gasteiger partial charge >= 0.3 is 0 Å². The molecule has 1 aliphatic rings. The van der Waals surface area contributed by atoms with Crippen molar-refractivity contribution in [1.82, 2.24) is 9.88 Å². The first-order chi connectivity index (χ1) is 13.2. The number of anilines is 1. The minimum Gasteiger partial charge on any atom is -0.394 e. The molecule has 0 fully saturated rings. The van der Waals surface area contributed by atoms with Crippen LogP contribution in [0, 0.1) is 0 Å². The molecule has 0 saturated heterocycles. The molecule has 4 nitrogen and oxygen atoms in total. The van der Waals surface area contributed by atoms with E-state index in [4.69, 9.17) is 12.2 Å². The second-order valence-corrected chi connectivity index (χ2v) is 7.31. The lowest BCUT2D eigenvalue weighted by molar-refractivity contribution is 0.168. The van der Waals surface area contributed by atoms with Crippen molar-refractivity contribution in [3.05, 3.63) is 71.5 Å². The van der Waals surface area contributed by atoms with Crippen molar-refractivity contribution < 1.29 is 5.11 Å². The molecule has 138 valence electrons. The summed E-state index contributed by atoms with van der Waals surface area (Å²) < 4.78 is 0. The van der Waals surface area contributed by atoms with E-state index in [1.807, 2.05) is 18.3 Å². The first-order valence-electron chi connectivity index (χ1n) is 9.32. The van der Waals surface area contributed by atoms with Crippen molar-refractivity contribution in [2.24, 2.45) is 0 Å². The number of rotatable bonds is 3. The molecule has 0 saturated carbocycles. The molecule has 0 radical (unpaired) electrons. The molecule has 2 heterocycles. The molecule has 0 bridgehead atoms. The molecule has 1 unspecified atom stereocenters. The van der Waals surface area contributed by atoms with Crippen LogP contribution in [0.4, 0.5) is 5.69 Å². The van der Waals surface area contributed by atoms with Gasteiger partial charge in [-0.15, -0.1) is 0 Å². The summed E-state index contributed by atoms with van der Waals surface area (Å²) in [5.41, 5.74) is 4.59. The van der Waals surface area contributed by atoms with Gasteiger partial charge in [0, 0.05) is 34.9 Å². The zero-order chi connectivity index (χ0) is 18.8. The summed E-state index contributed by atoms with van der Waals surface area (Å²) in [7, 11) is 0. The van der Waals surface area contributed by atoms with Gasteiger partial charge < -0.3 is 15.3 Å². The fourth-order valence-corrected chi connectivity index (χ4v) is 4.01. The van der Waals surface area contributed by atoms with Gasteiger partial charge in [0.15, 0.2) is 5.11 Å². The molecule has 2 aromatic carbocycles. The maximum absolute atomic E-state index is 9.90. The molecule has 3 aromatic rings. The third-order valence-electron chi connectivity index (χ3n) is 5.25. The van der Waals surface area contributed by atoms with Crippen molar-refractivity contribution in [2.75, 3.05) is 11.9 Å².